The average Bonchev–Trinajstić information content (AvgIpc) is 3.29. The molecule has 2 aromatic carbocycles. The molecular weight excluding hydrogens is 524 g/mol. The molecule has 2 heterocycles. The highest BCUT2D eigenvalue weighted by molar-refractivity contribution is 7.92. The average molecular weight is 551 g/mol. The van der Waals surface area contributed by atoms with E-state index in [1.807, 2.05) is 11.0 Å². The second-order valence-corrected chi connectivity index (χ2v) is 11.4. The standard InChI is InChI=1S/C24H27ClN4O7S/c25-16-2-1-3-17(13-16)28-11-9-26-14-21(28)37(35,36)18-4-6-20-15(12-18)8-10-29(20)24(34)27-19(23(32)33)5-7-22(30)31/h1-4,6,12-13,19,21,26H,5,7-11,14H2,(H,27,34)(H,30,31)(H,32,33). The molecule has 0 radical (unpaired) electrons. The monoisotopic (exact) mass is 550 g/mol. The summed E-state index contributed by atoms with van der Waals surface area (Å²) in [6.45, 7) is 1.56. The molecule has 0 aliphatic carbocycles. The number of carbonyl (C=O) groups excluding carboxylic acids is 1. The minimum absolute atomic E-state index is 0.124. The Morgan fingerprint density at radius 3 is 2.62 bits per heavy atom. The van der Waals surface area contributed by atoms with E-state index in [0.717, 1.165) is 0 Å². The van der Waals surface area contributed by atoms with Gasteiger partial charge >= 0.3 is 18.0 Å². The van der Waals surface area contributed by atoms with E-state index in [1.54, 1.807) is 30.3 Å². The third-order valence-electron chi connectivity index (χ3n) is 6.46. The predicted molar refractivity (Wildman–Crippen MR) is 137 cm³/mol. The lowest BCUT2D eigenvalue weighted by Gasteiger charge is -2.37. The molecule has 0 saturated carbocycles. The second kappa shape index (κ2) is 11.0. The molecule has 0 aromatic heterocycles. The number of halogens is 1. The number of hydrogen-bond acceptors (Lipinski definition) is 7. The molecule has 198 valence electrons. The van der Waals surface area contributed by atoms with Crippen LogP contribution < -0.4 is 20.4 Å². The smallest absolute Gasteiger partial charge is 0.326 e. The number of anilines is 2. The van der Waals surface area contributed by atoms with Gasteiger partial charge in [-0.25, -0.2) is 18.0 Å². The van der Waals surface area contributed by atoms with Crippen molar-refractivity contribution in [3.8, 4) is 0 Å². The molecule has 2 unspecified atom stereocenters. The molecule has 2 atom stereocenters. The van der Waals surface area contributed by atoms with E-state index >= 15 is 0 Å². The van der Waals surface area contributed by atoms with Crippen molar-refractivity contribution in [2.45, 2.75) is 35.6 Å². The summed E-state index contributed by atoms with van der Waals surface area (Å²) in [6, 6.07) is 9.56. The van der Waals surface area contributed by atoms with Gasteiger partial charge in [-0.2, -0.15) is 0 Å². The third kappa shape index (κ3) is 5.81. The molecule has 1 saturated heterocycles. The van der Waals surface area contributed by atoms with Crippen molar-refractivity contribution in [2.75, 3.05) is 36.0 Å². The Hall–Kier alpha value is -3.35. The minimum Gasteiger partial charge on any atom is -0.481 e. The summed E-state index contributed by atoms with van der Waals surface area (Å²) in [5.74, 6) is -2.50. The maximum absolute atomic E-state index is 13.7. The molecule has 2 aliphatic rings. The van der Waals surface area contributed by atoms with E-state index in [2.05, 4.69) is 10.6 Å². The number of benzene rings is 2. The molecule has 37 heavy (non-hydrogen) atoms. The number of piperazine rings is 1. The third-order valence-corrected chi connectivity index (χ3v) is 8.74. The van der Waals surface area contributed by atoms with E-state index in [9.17, 15) is 27.9 Å². The van der Waals surface area contributed by atoms with Crippen molar-refractivity contribution in [3.05, 3.63) is 53.1 Å². The maximum Gasteiger partial charge on any atom is 0.326 e. The van der Waals surface area contributed by atoms with Gasteiger partial charge in [0.25, 0.3) is 0 Å². The number of amides is 2. The number of urea groups is 1. The van der Waals surface area contributed by atoms with Gasteiger partial charge in [0, 0.05) is 49.0 Å². The summed E-state index contributed by atoms with van der Waals surface area (Å²) in [5, 5.41) is 23.3. The van der Waals surface area contributed by atoms with Gasteiger partial charge in [0.1, 0.15) is 11.4 Å². The first-order chi connectivity index (χ1) is 17.6. The van der Waals surface area contributed by atoms with Crippen molar-refractivity contribution in [1.82, 2.24) is 10.6 Å². The van der Waals surface area contributed by atoms with Crippen molar-refractivity contribution >= 4 is 50.8 Å². The number of aliphatic carboxylic acids is 2. The molecule has 2 amide bonds. The topological polar surface area (TPSA) is 156 Å². The van der Waals surface area contributed by atoms with Gasteiger partial charge in [0.15, 0.2) is 0 Å². The lowest BCUT2D eigenvalue weighted by atomic mass is 10.1. The van der Waals surface area contributed by atoms with Gasteiger partial charge in [-0.3, -0.25) is 9.69 Å². The van der Waals surface area contributed by atoms with E-state index in [1.165, 1.54) is 11.0 Å². The van der Waals surface area contributed by atoms with Crippen molar-refractivity contribution < 1.29 is 33.0 Å². The van der Waals surface area contributed by atoms with E-state index in [-0.39, 0.29) is 24.4 Å². The molecule has 2 aromatic rings. The summed E-state index contributed by atoms with van der Waals surface area (Å²) < 4.78 is 27.4. The molecule has 1 fully saturated rings. The molecule has 0 bridgehead atoms. The summed E-state index contributed by atoms with van der Waals surface area (Å²) in [4.78, 5) is 38.3. The number of hydrogen-bond donors (Lipinski definition) is 4. The highest BCUT2D eigenvalue weighted by atomic mass is 35.5. The zero-order valence-corrected chi connectivity index (χ0v) is 21.3. The summed E-state index contributed by atoms with van der Waals surface area (Å²) in [5.41, 5.74) is 1.83. The lowest BCUT2D eigenvalue weighted by molar-refractivity contribution is -0.140. The first kappa shape index (κ1) is 26.7. The SMILES string of the molecule is O=C(O)CCC(NC(=O)N1CCc2cc(S(=O)(=O)C3CNCCN3c3cccc(Cl)c3)ccc21)C(=O)O. The number of sulfone groups is 1. The Bertz CT molecular complexity index is 1320. The van der Waals surface area contributed by atoms with E-state index in [0.29, 0.717) is 41.5 Å². The second-order valence-electron chi connectivity index (χ2n) is 8.84. The summed E-state index contributed by atoms with van der Waals surface area (Å²) >= 11 is 6.14. The largest absolute Gasteiger partial charge is 0.481 e. The van der Waals surface area contributed by atoms with Crippen LogP contribution in [0.5, 0.6) is 0 Å². The number of fused-ring (bicyclic) bond motifs is 1. The maximum atomic E-state index is 13.7. The van der Waals surface area contributed by atoms with Crippen LogP contribution in [0.2, 0.25) is 5.02 Å². The van der Waals surface area contributed by atoms with Gasteiger partial charge in [-0.15, -0.1) is 0 Å². The predicted octanol–water partition coefficient (Wildman–Crippen LogP) is 1.94. The number of nitrogens with zero attached hydrogens (tertiary/aromatic N) is 2. The van der Waals surface area contributed by atoms with Gasteiger partial charge < -0.3 is 25.7 Å². The number of carbonyl (C=O) groups is 3. The van der Waals surface area contributed by atoms with Crippen LogP contribution in [0.1, 0.15) is 18.4 Å². The Morgan fingerprint density at radius 1 is 1.14 bits per heavy atom. The summed E-state index contributed by atoms with van der Waals surface area (Å²) in [7, 11) is -3.81. The van der Waals surface area contributed by atoms with Crippen molar-refractivity contribution in [2.24, 2.45) is 0 Å². The highest BCUT2D eigenvalue weighted by Gasteiger charge is 2.37. The van der Waals surface area contributed by atoms with E-state index < -0.39 is 45.6 Å². The normalized spacial score (nSPS) is 18.2. The highest BCUT2D eigenvalue weighted by Crippen LogP contribution is 2.33. The van der Waals surface area contributed by atoms with Gasteiger partial charge in [-0.1, -0.05) is 17.7 Å². The Balaban J connectivity index is 1.54. The molecule has 0 spiro atoms. The quantitative estimate of drug-likeness (QED) is 0.385. The fourth-order valence-corrected chi connectivity index (χ4v) is 6.54. The molecule has 4 rings (SSSR count). The van der Waals surface area contributed by atoms with Crippen LogP contribution in [-0.2, 0) is 25.8 Å². The zero-order valence-electron chi connectivity index (χ0n) is 19.8. The van der Waals surface area contributed by atoms with Crippen LogP contribution in [0.15, 0.2) is 47.4 Å². The first-order valence-electron chi connectivity index (χ1n) is 11.7. The Labute approximate surface area is 218 Å². The fraction of sp³-hybridized carbons (Fsp3) is 0.375. The number of carboxylic acid groups (broad SMARTS) is 2. The molecule has 2 aliphatic heterocycles. The van der Waals surface area contributed by atoms with Gasteiger partial charge in [-0.05, 0) is 54.8 Å². The van der Waals surface area contributed by atoms with E-state index in [4.69, 9.17) is 16.7 Å². The Morgan fingerprint density at radius 2 is 1.92 bits per heavy atom. The Kier molecular flexibility index (Phi) is 7.90. The van der Waals surface area contributed by atoms with Crippen LogP contribution in [0, 0.1) is 0 Å². The van der Waals surface area contributed by atoms with Crippen LogP contribution in [0.3, 0.4) is 0 Å². The number of rotatable bonds is 8. The number of carboxylic acids is 2. The lowest BCUT2D eigenvalue weighted by Crippen LogP contribution is -2.55. The molecular formula is C24H27ClN4O7S. The molecule has 13 heteroatoms. The molecule has 11 nitrogen and oxygen atoms in total. The van der Waals surface area contributed by atoms with Crippen LogP contribution in [0.25, 0.3) is 0 Å². The van der Waals surface area contributed by atoms with Crippen molar-refractivity contribution in [1.29, 1.82) is 0 Å². The van der Waals surface area contributed by atoms with Gasteiger partial charge in [0.05, 0.1) is 4.90 Å². The first-order valence-corrected chi connectivity index (χ1v) is 13.6. The van der Waals surface area contributed by atoms with Crippen molar-refractivity contribution in [3.63, 3.8) is 0 Å². The minimum atomic E-state index is -3.81. The van der Waals surface area contributed by atoms with Crippen LogP contribution in [0.4, 0.5) is 16.2 Å². The van der Waals surface area contributed by atoms with Crippen LogP contribution >= 0.6 is 11.6 Å². The fourth-order valence-electron chi connectivity index (χ4n) is 4.58. The zero-order chi connectivity index (χ0) is 26.7. The van der Waals surface area contributed by atoms with Gasteiger partial charge in [0.2, 0.25) is 9.84 Å². The number of nitrogens with one attached hydrogen (secondary N) is 2. The summed E-state index contributed by atoms with van der Waals surface area (Å²) in [6.07, 6.45) is -0.274. The molecule has 4 N–H and O–H groups in total. The van der Waals surface area contributed by atoms with Crippen LogP contribution in [-0.4, -0.2) is 74.2 Å².